The number of carboxylic acid groups (broad SMARTS) is 1. The van der Waals surface area contributed by atoms with Gasteiger partial charge in [0, 0.05) is 0 Å². The number of halogens is 1. The van der Waals surface area contributed by atoms with Crippen LogP contribution in [0.5, 0.6) is 5.75 Å². The van der Waals surface area contributed by atoms with Crippen molar-refractivity contribution in [3.63, 3.8) is 0 Å². The molecule has 0 saturated carbocycles. The van der Waals surface area contributed by atoms with E-state index in [0.717, 1.165) is 0 Å². The van der Waals surface area contributed by atoms with Crippen LogP contribution in [0.3, 0.4) is 0 Å². The molecule has 0 radical (unpaired) electrons. The summed E-state index contributed by atoms with van der Waals surface area (Å²) in [5.74, 6) is -1.13. The predicted molar refractivity (Wildman–Crippen MR) is 49.7 cm³/mol. The molecule has 0 amide bonds. The van der Waals surface area contributed by atoms with Gasteiger partial charge in [-0.15, -0.1) is 0 Å². The van der Waals surface area contributed by atoms with Gasteiger partial charge in [-0.05, 0) is 12.1 Å². The Morgan fingerprint density at radius 3 is 2.71 bits per heavy atom. The molecule has 0 aromatic heterocycles. The lowest BCUT2D eigenvalue weighted by atomic mass is 10.1. The highest BCUT2D eigenvalue weighted by Gasteiger charge is 2.16. The van der Waals surface area contributed by atoms with Gasteiger partial charge < -0.3 is 9.84 Å². The van der Waals surface area contributed by atoms with Crippen molar-refractivity contribution in [3.05, 3.63) is 28.3 Å². The molecule has 0 aliphatic carbocycles. The van der Waals surface area contributed by atoms with Crippen LogP contribution in [0.25, 0.3) is 0 Å². The van der Waals surface area contributed by atoms with Crippen molar-refractivity contribution >= 4 is 17.6 Å². The van der Waals surface area contributed by atoms with E-state index in [0.29, 0.717) is 0 Å². The third kappa shape index (κ3) is 1.63. The van der Waals surface area contributed by atoms with Crippen molar-refractivity contribution in [2.75, 3.05) is 7.11 Å². The quantitative estimate of drug-likeness (QED) is 0.811. The fraction of sp³-hybridized carbons (Fsp3) is 0.111. The van der Waals surface area contributed by atoms with E-state index in [-0.39, 0.29) is 21.9 Å². The highest BCUT2D eigenvalue weighted by molar-refractivity contribution is 6.33. The Morgan fingerprint density at radius 1 is 1.64 bits per heavy atom. The third-order valence-corrected chi connectivity index (χ3v) is 2.03. The summed E-state index contributed by atoms with van der Waals surface area (Å²) in [4.78, 5) is 10.7. The maximum Gasteiger partial charge on any atom is 0.339 e. The smallest absolute Gasteiger partial charge is 0.339 e. The molecule has 72 valence electrons. The number of hydrogen-bond donors (Lipinski definition) is 1. The minimum atomic E-state index is -1.15. The normalized spacial score (nSPS) is 9.21. The van der Waals surface area contributed by atoms with Crippen molar-refractivity contribution < 1.29 is 14.6 Å². The van der Waals surface area contributed by atoms with Gasteiger partial charge in [-0.2, -0.15) is 5.26 Å². The number of nitriles is 1. The van der Waals surface area contributed by atoms with E-state index in [4.69, 9.17) is 26.7 Å². The topological polar surface area (TPSA) is 70.3 Å². The Balaban J connectivity index is 3.45. The number of carbonyl (C=O) groups is 1. The van der Waals surface area contributed by atoms with Crippen molar-refractivity contribution in [1.82, 2.24) is 0 Å². The molecule has 0 aliphatic heterocycles. The summed E-state index contributed by atoms with van der Waals surface area (Å²) in [7, 11) is 1.30. The highest BCUT2D eigenvalue weighted by Crippen LogP contribution is 2.31. The first kappa shape index (κ1) is 10.4. The molecule has 4 nitrogen and oxygen atoms in total. The summed E-state index contributed by atoms with van der Waals surface area (Å²) >= 11 is 5.75. The fourth-order valence-electron chi connectivity index (χ4n) is 1.01. The molecule has 0 spiro atoms. The fourth-order valence-corrected chi connectivity index (χ4v) is 1.29. The average molecular weight is 212 g/mol. The molecular weight excluding hydrogens is 206 g/mol. The zero-order valence-electron chi connectivity index (χ0n) is 7.24. The van der Waals surface area contributed by atoms with Crippen molar-refractivity contribution in [2.24, 2.45) is 0 Å². The summed E-state index contributed by atoms with van der Waals surface area (Å²) in [6.45, 7) is 0. The maximum atomic E-state index is 10.7. The van der Waals surface area contributed by atoms with Gasteiger partial charge in [-0.1, -0.05) is 11.6 Å². The van der Waals surface area contributed by atoms with Crippen LogP contribution in [0, 0.1) is 11.3 Å². The molecular formula is C9H6ClNO3. The van der Waals surface area contributed by atoms with E-state index in [1.165, 1.54) is 19.2 Å². The highest BCUT2D eigenvalue weighted by atomic mass is 35.5. The van der Waals surface area contributed by atoms with Crippen LogP contribution in [-0.4, -0.2) is 18.2 Å². The average Bonchev–Trinajstić information content (AvgIpc) is 2.17. The summed E-state index contributed by atoms with van der Waals surface area (Å²) in [6, 6.07) is 4.46. The molecule has 14 heavy (non-hydrogen) atoms. The van der Waals surface area contributed by atoms with E-state index in [1.54, 1.807) is 0 Å². The van der Waals surface area contributed by atoms with E-state index in [1.807, 2.05) is 6.07 Å². The van der Waals surface area contributed by atoms with Gasteiger partial charge in [0.2, 0.25) is 0 Å². The number of carboxylic acids is 1. The second kappa shape index (κ2) is 3.99. The predicted octanol–water partition coefficient (Wildman–Crippen LogP) is 1.92. The van der Waals surface area contributed by atoms with Gasteiger partial charge in [-0.3, -0.25) is 0 Å². The molecule has 5 heteroatoms. The van der Waals surface area contributed by atoms with Gasteiger partial charge in [0.25, 0.3) is 0 Å². The van der Waals surface area contributed by atoms with Crippen molar-refractivity contribution in [3.8, 4) is 11.8 Å². The molecule has 1 aromatic carbocycles. The lowest BCUT2D eigenvalue weighted by molar-refractivity contribution is 0.0693. The summed E-state index contributed by atoms with van der Waals surface area (Å²) in [5, 5.41) is 17.4. The maximum absolute atomic E-state index is 10.7. The van der Waals surface area contributed by atoms with Crippen LogP contribution in [0.4, 0.5) is 0 Å². The molecule has 1 N–H and O–H groups in total. The number of nitrogens with zero attached hydrogens (tertiary/aromatic N) is 1. The largest absolute Gasteiger partial charge is 0.494 e. The van der Waals surface area contributed by atoms with Gasteiger partial charge in [-0.25, -0.2) is 4.79 Å². The first-order chi connectivity index (χ1) is 6.61. The van der Waals surface area contributed by atoms with Crippen LogP contribution in [0.15, 0.2) is 12.1 Å². The Labute approximate surface area is 85.3 Å². The molecule has 0 unspecified atom stereocenters. The summed E-state index contributed by atoms with van der Waals surface area (Å²) < 4.78 is 4.82. The molecule has 1 aromatic rings. The van der Waals surface area contributed by atoms with Crippen molar-refractivity contribution in [1.29, 1.82) is 5.26 Å². The van der Waals surface area contributed by atoms with Gasteiger partial charge >= 0.3 is 5.97 Å². The van der Waals surface area contributed by atoms with Crippen LogP contribution in [0.2, 0.25) is 5.02 Å². The Bertz CT molecular complexity index is 423. The first-order valence-electron chi connectivity index (χ1n) is 3.61. The monoisotopic (exact) mass is 211 g/mol. The minimum Gasteiger partial charge on any atom is -0.494 e. The van der Waals surface area contributed by atoms with E-state index in [9.17, 15) is 4.79 Å². The van der Waals surface area contributed by atoms with Gasteiger partial charge in [0.1, 0.15) is 16.7 Å². The lowest BCUT2D eigenvalue weighted by Gasteiger charge is -2.07. The van der Waals surface area contributed by atoms with Gasteiger partial charge in [0.15, 0.2) is 5.75 Å². The summed E-state index contributed by atoms with van der Waals surface area (Å²) in [5.41, 5.74) is 0.130. The van der Waals surface area contributed by atoms with E-state index in [2.05, 4.69) is 0 Å². The number of aromatic carboxylic acids is 1. The van der Waals surface area contributed by atoms with Crippen LogP contribution in [-0.2, 0) is 0 Å². The third-order valence-electron chi connectivity index (χ3n) is 1.65. The Morgan fingerprint density at radius 2 is 2.29 bits per heavy atom. The molecule has 1 rings (SSSR count). The molecule has 0 atom stereocenters. The van der Waals surface area contributed by atoms with Gasteiger partial charge in [0.05, 0.1) is 12.7 Å². The van der Waals surface area contributed by atoms with Crippen LogP contribution >= 0.6 is 11.6 Å². The molecule has 0 heterocycles. The second-order valence-electron chi connectivity index (χ2n) is 2.42. The minimum absolute atomic E-state index is 0.0122. The summed E-state index contributed by atoms with van der Waals surface area (Å²) in [6.07, 6.45) is 0. The zero-order chi connectivity index (χ0) is 10.7. The zero-order valence-corrected chi connectivity index (χ0v) is 8.00. The van der Waals surface area contributed by atoms with Crippen LogP contribution in [0.1, 0.15) is 15.9 Å². The molecule has 0 aliphatic rings. The van der Waals surface area contributed by atoms with Crippen LogP contribution < -0.4 is 4.74 Å². The number of methoxy groups -OCH3 is 1. The Kier molecular flexibility index (Phi) is 2.95. The number of hydrogen-bond acceptors (Lipinski definition) is 3. The van der Waals surface area contributed by atoms with E-state index < -0.39 is 5.97 Å². The second-order valence-corrected chi connectivity index (χ2v) is 2.80. The lowest BCUT2D eigenvalue weighted by Crippen LogP contribution is -2.01. The number of rotatable bonds is 2. The Hall–Kier alpha value is -1.73. The number of benzene rings is 1. The van der Waals surface area contributed by atoms with Crippen molar-refractivity contribution in [2.45, 2.75) is 0 Å². The number of ether oxygens (including phenoxy) is 1. The molecule has 0 saturated heterocycles. The van der Waals surface area contributed by atoms with E-state index >= 15 is 0 Å². The molecule has 0 bridgehead atoms. The SMILES string of the molecule is COc1c(C(=O)O)ccc(C#N)c1Cl. The first-order valence-corrected chi connectivity index (χ1v) is 3.99. The molecule has 0 fully saturated rings. The standard InChI is InChI=1S/C9H6ClNO3/c1-14-8-6(9(12)13)3-2-5(4-11)7(8)10/h2-3H,1H3,(H,12,13).